The molecular formula is C12H15NO3. The maximum absolute atomic E-state index is 11.2. The number of cyclic esters (lactones) is 1. The van der Waals surface area contributed by atoms with E-state index in [2.05, 4.69) is 5.32 Å². The highest BCUT2D eigenvalue weighted by Crippen LogP contribution is 2.32. The minimum atomic E-state index is -1.35. The molecule has 0 spiro atoms. The summed E-state index contributed by atoms with van der Waals surface area (Å²) >= 11 is 0. The Hall–Kier alpha value is -1.55. The standard InChI is InChI=1S/C12H15NO3/c1-11(8-9-6-4-3-5-7-9)12(2,15)13-10(14)16-11/h3-7,15H,8H2,1-2H3,(H,13,14). The first-order valence-electron chi connectivity index (χ1n) is 5.20. The van der Waals surface area contributed by atoms with Crippen molar-refractivity contribution in [2.75, 3.05) is 0 Å². The molecule has 2 unspecified atom stereocenters. The molecule has 2 rings (SSSR count). The Kier molecular flexibility index (Phi) is 2.39. The van der Waals surface area contributed by atoms with Crippen LogP contribution in [0.2, 0.25) is 0 Å². The second kappa shape index (κ2) is 3.49. The lowest BCUT2D eigenvalue weighted by atomic mass is 9.87. The number of ether oxygens (including phenoxy) is 1. The van der Waals surface area contributed by atoms with Gasteiger partial charge in [0, 0.05) is 6.42 Å². The summed E-state index contributed by atoms with van der Waals surface area (Å²) in [6, 6.07) is 9.62. The van der Waals surface area contributed by atoms with Gasteiger partial charge in [0.15, 0.2) is 11.3 Å². The van der Waals surface area contributed by atoms with E-state index in [0.717, 1.165) is 5.56 Å². The maximum Gasteiger partial charge on any atom is 0.410 e. The normalized spacial score (nSPS) is 33.3. The Bertz CT molecular complexity index is 402. The van der Waals surface area contributed by atoms with E-state index in [1.165, 1.54) is 0 Å². The molecule has 16 heavy (non-hydrogen) atoms. The van der Waals surface area contributed by atoms with E-state index in [1.54, 1.807) is 13.8 Å². The molecule has 1 aromatic rings. The molecule has 0 aromatic heterocycles. The monoisotopic (exact) mass is 221 g/mol. The average molecular weight is 221 g/mol. The van der Waals surface area contributed by atoms with Gasteiger partial charge in [-0.2, -0.15) is 0 Å². The molecule has 86 valence electrons. The Balaban J connectivity index is 2.23. The Morgan fingerprint density at radius 3 is 2.44 bits per heavy atom. The van der Waals surface area contributed by atoms with Crippen LogP contribution in [0.5, 0.6) is 0 Å². The van der Waals surface area contributed by atoms with E-state index in [-0.39, 0.29) is 0 Å². The first-order valence-corrected chi connectivity index (χ1v) is 5.20. The third-order valence-corrected chi connectivity index (χ3v) is 3.08. The number of carbonyl (C=O) groups excluding carboxylic acids is 1. The highest BCUT2D eigenvalue weighted by molar-refractivity contribution is 5.71. The molecule has 2 N–H and O–H groups in total. The third-order valence-electron chi connectivity index (χ3n) is 3.08. The van der Waals surface area contributed by atoms with Crippen molar-refractivity contribution >= 4 is 6.09 Å². The van der Waals surface area contributed by atoms with Crippen LogP contribution in [0.25, 0.3) is 0 Å². The fourth-order valence-corrected chi connectivity index (χ4v) is 1.85. The van der Waals surface area contributed by atoms with E-state index in [9.17, 15) is 9.90 Å². The average Bonchev–Trinajstić information content (AvgIpc) is 2.36. The summed E-state index contributed by atoms with van der Waals surface area (Å²) in [5.74, 6) is 0. The number of alkyl carbamates (subject to hydrolysis) is 1. The van der Waals surface area contributed by atoms with Gasteiger partial charge in [-0.3, -0.25) is 5.32 Å². The summed E-state index contributed by atoms with van der Waals surface area (Å²) in [6.07, 6.45) is -0.108. The topological polar surface area (TPSA) is 58.6 Å². The predicted molar refractivity (Wildman–Crippen MR) is 58.8 cm³/mol. The summed E-state index contributed by atoms with van der Waals surface area (Å²) < 4.78 is 5.17. The molecule has 1 fully saturated rings. The van der Waals surface area contributed by atoms with Crippen molar-refractivity contribution in [1.29, 1.82) is 0 Å². The van der Waals surface area contributed by atoms with Crippen molar-refractivity contribution in [3.63, 3.8) is 0 Å². The fraction of sp³-hybridized carbons (Fsp3) is 0.417. The number of nitrogens with one attached hydrogen (secondary N) is 1. The SMILES string of the molecule is CC1(O)NC(=O)OC1(C)Cc1ccccc1. The van der Waals surface area contributed by atoms with Crippen molar-refractivity contribution in [1.82, 2.24) is 5.32 Å². The highest BCUT2D eigenvalue weighted by atomic mass is 16.6. The van der Waals surface area contributed by atoms with Gasteiger partial charge in [-0.05, 0) is 19.4 Å². The van der Waals surface area contributed by atoms with E-state index in [0.29, 0.717) is 6.42 Å². The second-order valence-corrected chi connectivity index (χ2v) is 4.48. The van der Waals surface area contributed by atoms with Crippen molar-refractivity contribution < 1.29 is 14.6 Å². The molecule has 1 aliphatic rings. The molecule has 1 aliphatic heterocycles. The van der Waals surface area contributed by atoms with Gasteiger partial charge >= 0.3 is 6.09 Å². The van der Waals surface area contributed by atoms with Crippen LogP contribution in [-0.4, -0.2) is 22.5 Å². The zero-order chi connectivity index (χ0) is 11.8. The van der Waals surface area contributed by atoms with Crippen molar-refractivity contribution in [2.45, 2.75) is 31.6 Å². The Morgan fingerprint density at radius 2 is 1.94 bits per heavy atom. The van der Waals surface area contributed by atoms with Gasteiger partial charge in [-0.1, -0.05) is 30.3 Å². The molecule has 0 radical (unpaired) electrons. The predicted octanol–water partition coefficient (Wildman–Crippen LogP) is 1.44. The van der Waals surface area contributed by atoms with E-state index in [1.807, 2.05) is 30.3 Å². The summed E-state index contributed by atoms with van der Waals surface area (Å²) in [7, 11) is 0. The second-order valence-electron chi connectivity index (χ2n) is 4.48. The third kappa shape index (κ3) is 1.76. The lowest BCUT2D eigenvalue weighted by Crippen LogP contribution is -2.54. The summed E-state index contributed by atoms with van der Waals surface area (Å²) in [6.45, 7) is 3.26. The quantitative estimate of drug-likeness (QED) is 0.794. The summed E-state index contributed by atoms with van der Waals surface area (Å²) in [4.78, 5) is 11.2. The molecule has 4 heteroatoms. The lowest BCUT2D eigenvalue weighted by Gasteiger charge is -2.32. The first kappa shape index (κ1) is 11.0. The lowest BCUT2D eigenvalue weighted by molar-refractivity contribution is -0.0931. The minimum absolute atomic E-state index is 0.472. The van der Waals surface area contributed by atoms with Gasteiger partial charge in [0.25, 0.3) is 0 Å². The van der Waals surface area contributed by atoms with Crippen LogP contribution in [0.4, 0.5) is 4.79 Å². The van der Waals surface area contributed by atoms with Crippen LogP contribution < -0.4 is 5.32 Å². The van der Waals surface area contributed by atoms with E-state index < -0.39 is 17.4 Å². The molecule has 0 saturated carbocycles. The first-order chi connectivity index (χ1) is 7.43. The van der Waals surface area contributed by atoms with Gasteiger partial charge in [-0.25, -0.2) is 4.79 Å². The summed E-state index contributed by atoms with van der Waals surface area (Å²) in [5.41, 5.74) is -1.27. The van der Waals surface area contributed by atoms with E-state index >= 15 is 0 Å². The molecule has 1 aromatic carbocycles. The molecule has 1 amide bonds. The number of carbonyl (C=O) groups is 1. The van der Waals surface area contributed by atoms with Gasteiger partial charge in [0.2, 0.25) is 0 Å². The molecule has 1 heterocycles. The van der Waals surface area contributed by atoms with Gasteiger partial charge in [0.1, 0.15) is 0 Å². The molecule has 4 nitrogen and oxygen atoms in total. The van der Waals surface area contributed by atoms with Crippen LogP contribution in [-0.2, 0) is 11.2 Å². The number of amides is 1. The highest BCUT2D eigenvalue weighted by Gasteiger charge is 2.53. The number of benzene rings is 1. The van der Waals surface area contributed by atoms with Crippen molar-refractivity contribution in [2.24, 2.45) is 0 Å². The molecule has 0 bridgehead atoms. The van der Waals surface area contributed by atoms with Gasteiger partial charge in [0.05, 0.1) is 0 Å². The van der Waals surface area contributed by atoms with Crippen LogP contribution >= 0.6 is 0 Å². The number of rotatable bonds is 2. The van der Waals surface area contributed by atoms with Crippen molar-refractivity contribution in [3.8, 4) is 0 Å². The van der Waals surface area contributed by atoms with E-state index in [4.69, 9.17) is 4.74 Å². The number of aliphatic hydroxyl groups is 1. The minimum Gasteiger partial charge on any atom is -0.438 e. The Labute approximate surface area is 94.2 Å². The van der Waals surface area contributed by atoms with Gasteiger partial charge in [-0.15, -0.1) is 0 Å². The zero-order valence-corrected chi connectivity index (χ0v) is 9.36. The molecule has 0 aliphatic carbocycles. The smallest absolute Gasteiger partial charge is 0.410 e. The molecule has 1 saturated heterocycles. The number of hydrogen-bond acceptors (Lipinski definition) is 3. The molecular weight excluding hydrogens is 206 g/mol. The zero-order valence-electron chi connectivity index (χ0n) is 9.36. The van der Waals surface area contributed by atoms with Crippen LogP contribution in [0.3, 0.4) is 0 Å². The largest absolute Gasteiger partial charge is 0.438 e. The summed E-state index contributed by atoms with van der Waals surface area (Å²) in [5, 5.41) is 12.5. The molecule has 2 atom stereocenters. The van der Waals surface area contributed by atoms with Crippen LogP contribution in [0.1, 0.15) is 19.4 Å². The van der Waals surface area contributed by atoms with Crippen LogP contribution in [0.15, 0.2) is 30.3 Å². The van der Waals surface area contributed by atoms with Crippen LogP contribution in [0, 0.1) is 0 Å². The number of hydrogen-bond donors (Lipinski definition) is 2. The van der Waals surface area contributed by atoms with Crippen molar-refractivity contribution in [3.05, 3.63) is 35.9 Å². The fourth-order valence-electron chi connectivity index (χ4n) is 1.85. The maximum atomic E-state index is 11.2. The van der Waals surface area contributed by atoms with Gasteiger partial charge < -0.3 is 9.84 Å². The Morgan fingerprint density at radius 1 is 1.31 bits per heavy atom.